The number of aromatic amines is 1. The number of aryl methyl sites for hydroxylation is 1. The number of carbonyl (C=O) groups is 1. The lowest BCUT2D eigenvalue weighted by molar-refractivity contribution is 0.0603. The molecule has 0 saturated heterocycles. The van der Waals surface area contributed by atoms with Crippen LogP contribution >= 0.6 is 0 Å². The van der Waals surface area contributed by atoms with E-state index in [1.807, 2.05) is 30.3 Å². The summed E-state index contributed by atoms with van der Waals surface area (Å²) in [7, 11) is 1.36. The first-order valence-electron chi connectivity index (χ1n) is 8.48. The van der Waals surface area contributed by atoms with E-state index in [2.05, 4.69) is 24.0 Å². The van der Waals surface area contributed by atoms with E-state index in [9.17, 15) is 9.90 Å². The first kappa shape index (κ1) is 16.2. The number of nitrogens with one attached hydrogen (secondary N) is 1. The molecule has 4 heteroatoms. The molecule has 0 spiro atoms. The molecule has 4 aromatic rings. The Morgan fingerprint density at radius 3 is 2.58 bits per heavy atom. The van der Waals surface area contributed by atoms with Crippen LogP contribution in [0.3, 0.4) is 0 Å². The van der Waals surface area contributed by atoms with E-state index in [0.717, 1.165) is 23.0 Å². The van der Waals surface area contributed by atoms with Gasteiger partial charge in [0.1, 0.15) is 5.75 Å². The number of methoxy groups -OCH3 is 1. The number of ether oxygens (including phenoxy) is 1. The van der Waals surface area contributed by atoms with Crippen molar-refractivity contribution in [3.63, 3.8) is 0 Å². The molecule has 4 rings (SSSR count). The Morgan fingerprint density at radius 2 is 1.81 bits per heavy atom. The second-order valence-electron chi connectivity index (χ2n) is 6.44. The predicted octanol–water partition coefficient (Wildman–Crippen LogP) is 4.71. The highest BCUT2D eigenvalue weighted by molar-refractivity contribution is 6.19. The monoisotopic (exact) mass is 345 g/mol. The Bertz CT molecular complexity index is 1140. The van der Waals surface area contributed by atoms with Gasteiger partial charge in [-0.1, -0.05) is 36.4 Å². The minimum atomic E-state index is -0.416. The van der Waals surface area contributed by atoms with Gasteiger partial charge in [0.15, 0.2) is 0 Å². The number of aromatic hydroxyl groups is 1. The molecule has 26 heavy (non-hydrogen) atoms. The molecule has 0 fully saturated rings. The maximum atomic E-state index is 12.2. The number of benzene rings is 3. The van der Waals surface area contributed by atoms with Crippen molar-refractivity contribution in [2.45, 2.75) is 13.3 Å². The zero-order valence-electron chi connectivity index (χ0n) is 14.7. The number of rotatable bonds is 3. The summed E-state index contributed by atoms with van der Waals surface area (Å²) >= 11 is 0. The largest absolute Gasteiger partial charge is 0.507 e. The Kier molecular flexibility index (Phi) is 3.88. The van der Waals surface area contributed by atoms with Gasteiger partial charge >= 0.3 is 5.97 Å². The van der Waals surface area contributed by atoms with Crippen molar-refractivity contribution in [1.29, 1.82) is 0 Å². The van der Waals surface area contributed by atoms with Gasteiger partial charge in [0, 0.05) is 10.9 Å². The number of H-pyrrole nitrogens is 1. The third-order valence-electron chi connectivity index (χ3n) is 4.89. The summed E-state index contributed by atoms with van der Waals surface area (Å²) in [6.45, 7) is 2.09. The van der Waals surface area contributed by atoms with Gasteiger partial charge in [-0.2, -0.15) is 0 Å². The van der Waals surface area contributed by atoms with Crippen LogP contribution < -0.4 is 0 Å². The number of aromatic nitrogens is 1. The number of hydrogen-bond donors (Lipinski definition) is 2. The van der Waals surface area contributed by atoms with Crippen LogP contribution in [0.5, 0.6) is 5.75 Å². The van der Waals surface area contributed by atoms with Crippen LogP contribution in [0.25, 0.3) is 21.8 Å². The number of fused-ring (bicyclic) bond motifs is 3. The zero-order valence-corrected chi connectivity index (χ0v) is 14.7. The highest BCUT2D eigenvalue weighted by Gasteiger charge is 2.19. The molecule has 0 unspecified atom stereocenters. The van der Waals surface area contributed by atoms with Crippen molar-refractivity contribution in [3.05, 3.63) is 76.9 Å². The fourth-order valence-corrected chi connectivity index (χ4v) is 3.53. The van der Waals surface area contributed by atoms with Crippen LogP contribution in [0.2, 0.25) is 0 Å². The van der Waals surface area contributed by atoms with Crippen LogP contribution in [0.4, 0.5) is 0 Å². The van der Waals surface area contributed by atoms with Crippen molar-refractivity contribution in [3.8, 4) is 5.75 Å². The topological polar surface area (TPSA) is 62.3 Å². The van der Waals surface area contributed by atoms with Gasteiger partial charge in [-0.25, -0.2) is 4.79 Å². The number of carbonyl (C=O) groups excluding carboxylic acids is 1. The molecule has 0 radical (unpaired) electrons. The maximum absolute atomic E-state index is 12.2. The van der Waals surface area contributed by atoms with Crippen molar-refractivity contribution in [1.82, 2.24) is 4.98 Å². The molecule has 0 amide bonds. The molecule has 0 atom stereocenters. The molecular formula is C22H19NO3. The molecule has 1 heterocycles. The first-order valence-corrected chi connectivity index (χ1v) is 8.48. The van der Waals surface area contributed by atoms with E-state index >= 15 is 0 Å². The van der Waals surface area contributed by atoms with Crippen LogP contribution in [0.15, 0.2) is 54.6 Å². The second-order valence-corrected chi connectivity index (χ2v) is 6.44. The molecule has 130 valence electrons. The molecular weight excluding hydrogens is 326 g/mol. The summed E-state index contributed by atoms with van der Waals surface area (Å²) in [6, 6.07) is 17.3. The Labute approximate surface area is 151 Å². The predicted molar refractivity (Wildman–Crippen MR) is 103 cm³/mol. The van der Waals surface area contributed by atoms with Gasteiger partial charge in [-0.05, 0) is 48.2 Å². The van der Waals surface area contributed by atoms with E-state index in [4.69, 9.17) is 4.74 Å². The summed E-state index contributed by atoms with van der Waals surface area (Å²) in [5, 5.41) is 11.9. The smallest absolute Gasteiger partial charge is 0.338 e. The molecule has 0 aliphatic carbocycles. The van der Waals surface area contributed by atoms with Gasteiger partial charge < -0.3 is 14.8 Å². The molecule has 3 aromatic carbocycles. The van der Waals surface area contributed by atoms with Gasteiger partial charge in [-0.3, -0.25) is 0 Å². The molecule has 0 saturated carbocycles. The van der Waals surface area contributed by atoms with Crippen molar-refractivity contribution >= 4 is 27.8 Å². The number of phenols is 1. The third kappa shape index (κ3) is 2.51. The van der Waals surface area contributed by atoms with E-state index in [0.29, 0.717) is 16.3 Å². The molecule has 0 bridgehead atoms. The van der Waals surface area contributed by atoms with Gasteiger partial charge in [0.25, 0.3) is 0 Å². The van der Waals surface area contributed by atoms with E-state index in [1.54, 1.807) is 12.1 Å². The highest BCUT2D eigenvalue weighted by Crippen LogP contribution is 2.37. The van der Waals surface area contributed by atoms with Crippen LogP contribution in [0, 0.1) is 6.92 Å². The fraction of sp³-hybridized carbons (Fsp3) is 0.136. The highest BCUT2D eigenvalue weighted by atomic mass is 16.5. The van der Waals surface area contributed by atoms with Gasteiger partial charge in [0.2, 0.25) is 0 Å². The van der Waals surface area contributed by atoms with E-state index in [1.165, 1.54) is 18.2 Å². The Morgan fingerprint density at radius 1 is 1.00 bits per heavy atom. The van der Waals surface area contributed by atoms with E-state index in [-0.39, 0.29) is 5.75 Å². The lowest BCUT2D eigenvalue weighted by Crippen LogP contribution is -2.01. The van der Waals surface area contributed by atoms with Crippen LogP contribution in [-0.4, -0.2) is 23.2 Å². The summed E-state index contributed by atoms with van der Waals surface area (Å²) in [4.78, 5) is 15.6. The van der Waals surface area contributed by atoms with Crippen molar-refractivity contribution in [2.75, 3.05) is 7.11 Å². The lowest BCUT2D eigenvalue weighted by Gasteiger charge is -2.08. The van der Waals surface area contributed by atoms with Crippen LogP contribution in [0.1, 0.15) is 27.0 Å². The van der Waals surface area contributed by atoms with Gasteiger partial charge in [-0.15, -0.1) is 0 Å². The quantitative estimate of drug-likeness (QED) is 0.529. The van der Waals surface area contributed by atoms with E-state index < -0.39 is 5.97 Å². The third-order valence-corrected chi connectivity index (χ3v) is 4.89. The minimum Gasteiger partial charge on any atom is -0.507 e. The number of esters is 1. The average Bonchev–Trinajstić information content (AvgIpc) is 3.05. The maximum Gasteiger partial charge on any atom is 0.338 e. The van der Waals surface area contributed by atoms with Crippen molar-refractivity contribution < 1.29 is 14.6 Å². The minimum absolute atomic E-state index is 0.149. The van der Waals surface area contributed by atoms with Crippen LogP contribution in [-0.2, 0) is 11.2 Å². The SMILES string of the molecule is COC(=O)c1cccc2[nH]c3c(Cc4ccccc4C)ccc(O)c3c12. The second kappa shape index (κ2) is 6.23. The van der Waals surface area contributed by atoms with Crippen molar-refractivity contribution in [2.24, 2.45) is 0 Å². The number of hydrogen-bond acceptors (Lipinski definition) is 3. The summed E-state index contributed by atoms with van der Waals surface area (Å²) in [5.74, 6) is -0.267. The lowest BCUT2D eigenvalue weighted by atomic mass is 9.97. The average molecular weight is 345 g/mol. The molecule has 1 aromatic heterocycles. The summed E-state index contributed by atoms with van der Waals surface area (Å²) < 4.78 is 4.91. The molecule has 2 N–H and O–H groups in total. The van der Waals surface area contributed by atoms with Gasteiger partial charge in [0.05, 0.1) is 23.6 Å². The number of phenolic OH excluding ortho intramolecular Hbond substituents is 1. The summed E-state index contributed by atoms with van der Waals surface area (Å²) in [6.07, 6.45) is 0.740. The fourth-order valence-electron chi connectivity index (χ4n) is 3.53. The molecule has 0 aliphatic heterocycles. The zero-order chi connectivity index (χ0) is 18.3. The normalized spacial score (nSPS) is 11.2. The Hall–Kier alpha value is -3.27. The molecule has 4 nitrogen and oxygen atoms in total. The summed E-state index contributed by atoms with van der Waals surface area (Å²) in [5.41, 5.74) is 5.61. The standard InChI is InChI=1S/C22H19NO3/c1-13-6-3-4-7-14(13)12-15-10-11-18(24)20-19-16(22(25)26-2)8-5-9-17(19)23-21(15)20/h3-11,23-24H,12H2,1-2H3. The Balaban J connectivity index is 1.99. The molecule has 0 aliphatic rings. The first-order chi connectivity index (χ1) is 12.6.